The predicted molar refractivity (Wildman–Crippen MR) is 267 cm³/mol. The van der Waals surface area contributed by atoms with Crippen molar-refractivity contribution in [1.29, 1.82) is 0 Å². The molecule has 10 atom stereocenters. The zero-order valence-corrected chi connectivity index (χ0v) is 47.2. The Morgan fingerprint density at radius 2 is 1.19 bits per heavy atom. The average Bonchev–Trinajstić information content (AvgIpc) is 3.50. The molecule has 0 aromatic carbocycles. The Labute approximate surface area is 372 Å². The van der Waals surface area contributed by atoms with Gasteiger partial charge in [-0.1, -0.05) is 135 Å². The van der Waals surface area contributed by atoms with Gasteiger partial charge < -0.3 is 17.7 Å². The molecule has 3 saturated carbocycles. The molecule has 4 aliphatic rings. The first-order chi connectivity index (χ1) is 27.1. The van der Waals surface area contributed by atoms with Crippen molar-refractivity contribution < 1.29 is 17.7 Å². The van der Waals surface area contributed by atoms with E-state index in [1.165, 1.54) is 61.9 Å². The van der Waals surface area contributed by atoms with Gasteiger partial charge in [-0.25, -0.2) is 0 Å². The van der Waals surface area contributed by atoms with Gasteiger partial charge in [-0.3, -0.25) is 0 Å². The normalized spacial score (nSPS) is 32.0. The zero-order valence-electron chi connectivity index (χ0n) is 43.2. The molecule has 0 aliphatic heterocycles. The van der Waals surface area contributed by atoms with E-state index < -0.39 is 33.3 Å². The Balaban J connectivity index is 1.89. The predicted octanol–water partition coefficient (Wildman–Crippen LogP) is 16.3. The van der Waals surface area contributed by atoms with Crippen molar-refractivity contribution in [2.75, 3.05) is 0 Å². The smallest absolute Gasteiger partial charge is 0.193 e. The van der Waals surface area contributed by atoms with E-state index in [1.54, 1.807) is 11.1 Å². The first-order valence-electron chi connectivity index (χ1n) is 25.2. The van der Waals surface area contributed by atoms with Crippen LogP contribution in [0.15, 0.2) is 23.3 Å². The largest absolute Gasteiger partial charge is 0.414 e. The van der Waals surface area contributed by atoms with Crippen molar-refractivity contribution in [2.24, 2.45) is 40.4 Å². The second-order valence-electron chi connectivity index (χ2n) is 24.5. The quantitative estimate of drug-likeness (QED) is 0.121. The fourth-order valence-corrected chi connectivity index (χ4v) is 20.7. The summed E-state index contributed by atoms with van der Waals surface area (Å²) in [6.07, 6.45) is 14.4. The van der Waals surface area contributed by atoms with Crippen LogP contribution in [0.4, 0.5) is 0 Å². The highest BCUT2D eigenvalue weighted by molar-refractivity contribution is 6.75. The number of rotatable bonds is 19. The molecule has 0 N–H and O–H groups in total. The molecular weight excluding hydrogens is 789 g/mol. The minimum Gasteiger partial charge on any atom is -0.414 e. The Morgan fingerprint density at radius 1 is 0.661 bits per heavy atom. The fourth-order valence-electron chi connectivity index (χ4n) is 12.3. The topological polar surface area (TPSA) is 36.9 Å². The van der Waals surface area contributed by atoms with Gasteiger partial charge in [-0.15, -0.1) is 0 Å². The third kappa shape index (κ3) is 10.2. The standard InChI is InChI=1S/C51H100O4Si4/c1-22-58(23-2,24-3)54-44-34-35-50(16)42(47(44)55-59(25-4,26-5)27-6)30-29-39-41-32-31-40(38(9)43(33-28-37(7)8)52-56(18,19)48(10,11)12)51(41,17)36-45(46(39)50)53-57(20,21)49(13,14)15/h29-30,37-38,40-41,43-47H,22-28,31-36H2,1-21H3/t38-,40+,41-,43+,44-,45+,46+,47+,50-,51+/m0/s1. The van der Waals surface area contributed by atoms with E-state index in [4.69, 9.17) is 17.7 Å². The molecule has 0 saturated heterocycles. The summed E-state index contributed by atoms with van der Waals surface area (Å²) in [5, 5.41) is 0.342. The summed E-state index contributed by atoms with van der Waals surface area (Å²) in [5.41, 5.74) is 3.42. The molecule has 0 amide bonds. The summed E-state index contributed by atoms with van der Waals surface area (Å²) in [6, 6.07) is 7.07. The van der Waals surface area contributed by atoms with Crippen molar-refractivity contribution in [2.45, 2.75) is 260 Å². The third-order valence-corrected chi connectivity index (χ3v) is 37.3. The molecule has 344 valence electrons. The molecule has 4 nitrogen and oxygen atoms in total. The van der Waals surface area contributed by atoms with Crippen LogP contribution in [0.1, 0.15) is 163 Å². The summed E-state index contributed by atoms with van der Waals surface area (Å²) >= 11 is 0. The number of allylic oxidation sites excluding steroid dienone is 2. The molecule has 0 bridgehead atoms. The second kappa shape index (κ2) is 19.0. The van der Waals surface area contributed by atoms with E-state index in [9.17, 15) is 0 Å². The lowest BCUT2D eigenvalue weighted by atomic mass is 9.48. The molecule has 8 heteroatoms. The van der Waals surface area contributed by atoms with Crippen LogP contribution in [0.5, 0.6) is 0 Å². The fraction of sp³-hybridized carbons (Fsp3) is 0.922. The minimum atomic E-state index is -2.13. The van der Waals surface area contributed by atoms with Crippen LogP contribution in [0.25, 0.3) is 0 Å². The Morgan fingerprint density at radius 3 is 1.68 bits per heavy atom. The molecule has 0 aromatic rings. The molecule has 4 rings (SSSR count). The summed E-state index contributed by atoms with van der Waals surface area (Å²) in [4.78, 5) is 0. The maximum Gasteiger partial charge on any atom is 0.193 e. The van der Waals surface area contributed by atoms with Crippen molar-refractivity contribution >= 4 is 33.3 Å². The van der Waals surface area contributed by atoms with Gasteiger partial charge in [0, 0.05) is 17.4 Å². The van der Waals surface area contributed by atoms with E-state index in [1.807, 2.05) is 0 Å². The van der Waals surface area contributed by atoms with Crippen molar-refractivity contribution in [3.05, 3.63) is 23.3 Å². The first kappa shape index (κ1) is 51.8. The van der Waals surface area contributed by atoms with E-state index >= 15 is 0 Å². The minimum absolute atomic E-state index is 0.0118. The molecule has 0 aromatic heterocycles. The van der Waals surface area contributed by atoms with E-state index in [-0.39, 0.29) is 39.2 Å². The molecule has 0 heterocycles. The molecule has 59 heavy (non-hydrogen) atoms. The monoisotopic (exact) mass is 889 g/mol. The number of hydrogen-bond donors (Lipinski definition) is 0. The molecule has 0 spiro atoms. The van der Waals surface area contributed by atoms with Crippen LogP contribution in [-0.4, -0.2) is 57.7 Å². The van der Waals surface area contributed by atoms with Gasteiger partial charge in [0.15, 0.2) is 33.3 Å². The van der Waals surface area contributed by atoms with Crippen LogP contribution in [0, 0.1) is 40.4 Å². The summed E-state index contributed by atoms with van der Waals surface area (Å²) < 4.78 is 30.8. The van der Waals surface area contributed by atoms with Crippen molar-refractivity contribution in [3.63, 3.8) is 0 Å². The van der Waals surface area contributed by atoms with Crippen LogP contribution in [0.3, 0.4) is 0 Å². The summed E-state index contributed by atoms with van der Waals surface area (Å²) in [6.45, 7) is 51.7. The highest BCUT2D eigenvalue weighted by Gasteiger charge is 2.64. The van der Waals surface area contributed by atoms with Gasteiger partial charge in [0.05, 0.1) is 18.3 Å². The zero-order chi connectivity index (χ0) is 44.8. The number of hydrogen-bond acceptors (Lipinski definition) is 4. The molecule has 3 fully saturated rings. The lowest BCUT2D eigenvalue weighted by Crippen LogP contribution is -2.61. The van der Waals surface area contributed by atoms with Gasteiger partial charge in [0.2, 0.25) is 0 Å². The average molecular weight is 890 g/mol. The summed E-state index contributed by atoms with van der Waals surface area (Å²) in [7, 11) is -7.90. The summed E-state index contributed by atoms with van der Waals surface area (Å²) in [5.74, 6) is 2.76. The van der Waals surface area contributed by atoms with Gasteiger partial charge in [0.1, 0.15) is 0 Å². The van der Waals surface area contributed by atoms with Crippen LogP contribution in [0.2, 0.25) is 72.5 Å². The Kier molecular flexibility index (Phi) is 16.7. The molecule has 4 aliphatic carbocycles. The number of fused-ring (bicyclic) bond motifs is 5. The molecule has 0 unspecified atom stereocenters. The highest BCUT2D eigenvalue weighted by atomic mass is 28.4. The van der Waals surface area contributed by atoms with Crippen LogP contribution >= 0.6 is 0 Å². The van der Waals surface area contributed by atoms with Gasteiger partial charge in [-0.2, -0.15) is 0 Å². The van der Waals surface area contributed by atoms with Gasteiger partial charge in [0.25, 0.3) is 0 Å². The first-order valence-corrected chi connectivity index (χ1v) is 36.1. The molecule has 0 radical (unpaired) electrons. The second-order valence-corrected chi connectivity index (χ2v) is 43.5. The SMILES string of the molecule is CC[Si](CC)(CC)O[C@H]1CC[C@@]2(C)C(=CC=C3[C@@H]2[C@H](O[Si](C)(C)C(C)(C)C)C[C@]2(C)[C@@H]([C@H](C)[C@@H](CCC(C)C)O[Si](C)(C)C(C)(C)C)CC[C@@H]32)[C@H]1O[Si](CC)(CC)CC. The maximum atomic E-state index is 7.94. The lowest BCUT2D eigenvalue weighted by Gasteiger charge is -2.61. The molecular formula is C51H100O4Si4. The van der Waals surface area contributed by atoms with E-state index in [0.29, 0.717) is 35.7 Å². The maximum absolute atomic E-state index is 7.94. The van der Waals surface area contributed by atoms with Gasteiger partial charge in [-0.05, 0) is 152 Å². The lowest BCUT2D eigenvalue weighted by molar-refractivity contribution is -0.0702. The van der Waals surface area contributed by atoms with Crippen molar-refractivity contribution in [3.8, 4) is 0 Å². The van der Waals surface area contributed by atoms with E-state index in [2.05, 4.69) is 156 Å². The Bertz CT molecular complexity index is 1430. The highest BCUT2D eigenvalue weighted by Crippen LogP contribution is 2.68. The van der Waals surface area contributed by atoms with Crippen molar-refractivity contribution in [1.82, 2.24) is 0 Å². The van der Waals surface area contributed by atoms with E-state index in [0.717, 1.165) is 19.3 Å². The third-order valence-electron chi connectivity index (χ3n) is 19.0. The van der Waals surface area contributed by atoms with Gasteiger partial charge >= 0.3 is 0 Å². The van der Waals surface area contributed by atoms with Crippen LogP contribution in [-0.2, 0) is 17.7 Å². The Hall–Kier alpha value is 0.188. The van der Waals surface area contributed by atoms with Crippen LogP contribution < -0.4 is 0 Å².